The predicted octanol–water partition coefficient (Wildman–Crippen LogP) is 4.04. The van der Waals surface area contributed by atoms with Crippen molar-refractivity contribution in [2.45, 2.75) is 20.4 Å². The summed E-state index contributed by atoms with van der Waals surface area (Å²) >= 11 is 0. The smallest absolute Gasteiger partial charge is 0.259 e. The maximum atomic E-state index is 13.1. The van der Waals surface area contributed by atoms with Crippen LogP contribution in [-0.2, 0) is 16.1 Å². The minimum atomic E-state index is -0.379. The summed E-state index contributed by atoms with van der Waals surface area (Å²) in [5.41, 5.74) is 4.09. The number of likely N-dealkylation sites (N-methyl/N-ethyl adjacent to an activating group) is 1. The monoisotopic (exact) mass is 456 g/mol. The normalized spacial score (nSPS) is 14.1. The number of carbonyl (C=O) groups is 2. The number of amides is 2. The van der Waals surface area contributed by atoms with Crippen LogP contribution in [-0.4, -0.2) is 53.0 Å². The summed E-state index contributed by atoms with van der Waals surface area (Å²) in [6.07, 6.45) is 3.79. The molecule has 0 unspecified atom stereocenters. The van der Waals surface area contributed by atoms with Gasteiger partial charge >= 0.3 is 0 Å². The van der Waals surface area contributed by atoms with Gasteiger partial charge in [0.1, 0.15) is 5.75 Å². The summed E-state index contributed by atoms with van der Waals surface area (Å²) in [6, 6.07) is 13.6. The topological polar surface area (TPSA) is 79.4 Å². The minimum Gasteiger partial charge on any atom is -0.495 e. The van der Waals surface area contributed by atoms with E-state index in [9.17, 15) is 9.59 Å². The van der Waals surface area contributed by atoms with Crippen molar-refractivity contribution in [1.29, 1.82) is 0 Å². The summed E-state index contributed by atoms with van der Waals surface area (Å²) in [7, 11) is 1.65. The molecule has 174 valence electrons. The molecular formula is C27H28N4O3. The molecule has 0 bridgehead atoms. The van der Waals surface area contributed by atoms with Crippen LogP contribution in [0.3, 0.4) is 0 Å². The Morgan fingerprint density at radius 2 is 1.62 bits per heavy atom. The summed E-state index contributed by atoms with van der Waals surface area (Å²) in [4.78, 5) is 31.7. The molecule has 2 N–H and O–H groups in total. The number of benzene rings is 2. The van der Waals surface area contributed by atoms with E-state index in [-0.39, 0.29) is 11.8 Å². The van der Waals surface area contributed by atoms with E-state index in [1.807, 2.05) is 48.7 Å². The number of aromatic amines is 1. The molecule has 2 amide bonds. The number of ether oxygens (including phenoxy) is 1. The van der Waals surface area contributed by atoms with E-state index in [1.165, 1.54) is 0 Å². The van der Waals surface area contributed by atoms with Crippen LogP contribution in [0.2, 0.25) is 0 Å². The molecule has 34 heavy (non-hydrogen) atoms. The van der Waals surface area contributed by atoms with Gasteiger partial charge in [0.2, 0.25) is 0 Å². The third kappa shape index (κ3) is 3.49. The lowest BCUT2D eigenvalue weighted by Gasteiger charge is -2.18. The van der Waals surface area contributed by atoms with E-state index < -0.39 is 0 Å². The lowest BCUT2D eigenvalue weighted by molar-refractivity contribution is -0.122. The maximum Gasteiger partial charge on any atom is 0.259 e. The Kier molecular flexibility index (Phi) is 5.71. The zero-order chi connectivity index (χ0) is 23.8. The summed E-state index contributed by atoms with van der Waals surface area (Å²) in [6.45, 7) is 7.84. The molecule has 3 heterocycles. The Balaban J connectivity index is 1.74. The molecule has 7 nitrogen and oxygen atoms in total. The van der Waals surface area contributed by atoms with Crippen LogP contribution in [0, 0.1) is 0 Å². The average Bonchev–Trinajstić information content (AvgIpc) is 3.52. The molecule has 4 aromatic rings. The molecule has 5 rings (SSSR count). The van der Waals surface area contributed by atoms with Gasteiger partial charge in [-0.1, -0.05) is 44.2 Å². The van der Waals surface area contributed by atoms with Crippen molar-refractivity contribution < 1.29 is 14.3 Å². The van der Waals surface area contributed by atoms with E-state index in [2.05, 4.69) is 33.6 Å². The Bertz CT molecular complexity index is 1440. The summed E-state index contributed by atoms with van der Waals surface area (Å²) in [5, 5.41) is 4.32. The van der Waals surface area contributed by atoms with Crippen molar-refractivity contribution >= 4 is 44.8 Å². The quantitative estimate of drug-likeness (QED) is 0.392. The first-order valence-electron chi connectivity index (χ1n) is 11.6. The largest absolute Gasteiger partial charge is 0.495 e. The van der Waals surface area contributed by atoms with E-state index in [0.717, 1.165) is 64.9 Å². The Morgan fingerprint density at radius 3 is 2.35 bits per heavy atom. The number of nitrogens with one attached hydrogen (secondary N) is 2. The number of imide groups is 1. The van der Waals surface area contributed by atoms with Crippen molar-refractivity contribution in [1.82, 2.24) is 19.8 Å². The van der Waals surface area contributed by atoms with E-state index in [1.54, 1.807) is 13.3 Å². The molecular weight excluding hydrogens is 428 g/mol. The van der Waals surface area contributed by atoms with Gasteiger partial charge in [0, 0.05) is 52.9 Å². The fraction of sp³-hybridized carbons (Fsp3) is 0.259. The fourth-order valence-electron chi connectivity index (χ4n) is 4.90. The minimum absolute atomic E-state index is 0.378. The van der Waals surface area contributed by atoms with E-state index in [0.29, 0.717) is 11.1 Å². The highest BCUT2D eigenvalue weighted by Gasteiger charge is 2.35. The number of carbonyl (C=O) groups excluding carboxylic acids is 2. The molecule has 0 saturated heterocycles. The molecule has 1 aliphatic rings. The Hall–Kier alpha value is -3.84. The van der Waals surface area contributed by atoms with Gasteiger partial charge in [-0.15, -0.1) is 0 Å². The number of fused-ring (bicyclic) bond motifs is 2. The van der Waals surface area contributed by atoms with Crippen LogP contribution >= 0.6 is 0 Å². The number of nitrogens with zero attached hydrogens (tertiary/aromatic N) is 2. The number of hydrogen-bond donors (Lipinski definition) is 2. The number of H-pyrrole nitrogens is 1. The van der Waals surface area contributed by atoms with Gasteiger partial charge in [-0.2, -0.15) is 0 Å². The zero-order valence-electron chi connectivity index (χ0n) is 19.6. The van der Waals surface area contributed by atoms with Gasteiger partial charge in [0.15, 0.2) is 0 Å². The fourth-order valence-corrected chi connectivity index (χ4v) is 4.90. The Morgan fingerprint density at radius 1 is 0.912 bits per heavy atom. The third-order valence-corrected chi connectivity index (χ3v) is 6.69. The molecule has 0 fully saturated rings. The number of hydrogen-bond acceptors (Lipinski definition) is 4. The Labute approximate surface area is 198 Å². The van der Waals surface area contributed by atoms with Gasteiger partial charge in [0.25, 0.3) is 11.8 Å². The summed E-state index contributed by atoms with van der Waals surface area (Å²) < 4.78 is 7.82. The van der Waals surface area contributed by atoms with Crippen molar-refractivity contribution in [2.24, 2.45) is 0 Å². The lowest BCUT2D eigenvalue weighted by Crippen LogP contribution is -2.26. The van der Waals surface area contributed by atoms with Crippen LogP contribution < -0.4 is 10.1 Å². The molecule has 1 aliphatic heterocycles. The molecule has 7 heteroatoms. The predicted molar refractivity (Wildman–Crippen MR) is 135 cm³/mol. The zero-order valence-corrected chi connectivity index (χ0v) is 19.6. The molecule has 2 aromatic heterocycles. The molecule has 0 saturated carbocycles. The van der Waals surface area contributed by atoms with E-state index in [4.69, 9.17) is 4.74 Å². The van der Waals surface area contributed by atoms with Gasteiger partial charge in [-0.3, -0.25) is 14.9 Å². The first kappa shape index (κ1) is 22.0. The standard InChI is InChI=1S/C27H28N4O3/c1-4-30(5-2)13-14-31-16-20(18-10-8-12-22(34-3)25(18)31)24-23(26(32)29-27(24)33)19-15-28-21-11-7-6-9-17(19)21/h6-12,15-16,28H,4-5,13-14H2,1-3H3,(H,29,32,33). The van der Waals surface area contributed by atoms with Gasteiger partial charge in [-0.05, 0) is 25.2 Å². The maximum absolute atomic E-state index is 13.1. The van der Waals surface area contributed by atoms with Crippen molar-refractivity contribution in [3.63, 3.8) is 0 Å². The highest BCUT2D eigenvalue weighted by atomic mass is 16.5. The van der Waals surface area contributed by atoms with Gasteiger partial charge in [0.05, 0.1) is 23.8 Å². The lowest BCUT2D eigenvalue weighted by atomic mass is 9.95. The second-order valence-electron chi connectivity index (χ2n) is 8.40. The molecule has 0 atom stereocenters. The van der Waals surface area contributed by atoms with Crippen molar-refractivity contribution in [3.8, 4) is 5.75 Å². The van der Waals surface area contributed by atoms with Crippen LogP contribution in [0.25, 0.3) is 33.0 Å². The number of rotatable bonds is 8. The first-order chi connectivity index (χ1) is 16.6. The average molecular weight is 457 g/mol. The third-order valence-electron chi connectivity index (χ3n) is 6.69. The molecule has 0 aliphatic carbocycles. The van der Waals surface area contributed by atoms with Crippen LogP contribution in [0.4, 0.5) is 0 Å². The molecule has 2 aromatic carbocycles. The second-order valence-corrected chi connectivity index (χ2v) is 8.40. The number of para-hydroxylation sites is 2. The van der Waals surface area contributed by atoms with Crippen molar-refractivity contribution in [3.05, 3.63) is 66.0 Å². The van der Waals surface area contributed by atoms with Gasteiger partial charge in [-0.25, -0.2) is 0 Å². The molecule has 0 radical (unpaired) electrons. The van der Waals surface area contributed by atoms with Crippen LogP contribution in [0.1, 0.15) is 25.0 Å². The first-order valence-corrected chi connectivity index (χ1v) is 11.6. The number of methoxy groups -OCH3 is 1. The second kappa shape index (κ2) is 8.83. The highest BCUT2D eigenvalue weighted by Crippen LogP contribution is 2.40. The SMILES string of the molecule is CCN(CC)CCn1cc(C2=C(c3c[nH]c4ccccc34)C(=O)NC2=O)c2cccc(OC)c21. The van der Waals surface area contributed by atoms with E-state index >= 15 is 0 Å². The molecule has 0 spiro atoms. The summed E-state index contributed by atoms with van der Waals surface area (Å²) in [5.74, 6) is -0.0187. The highest BCUT2D eigenvalue weighted by molar-refractivity contribution is 6.50. The van der Waals surface area contributed by atoms with Crippen LogP contribution in [0.15, 0.2) is 54.9 Å². The number of aromatic nitrogens is 2. The van der Waals surface area contributed by atoms with Crippen LogP contribution in [0.5, 0.6) is 5.75 Å². The van der Waals surface area contributed by atoms with Gasteiger partial charge < -0.3 is 19.2 Å². The van der Waals surface area contributed by atoms with Crippen molar-refractivity contribution in [2.75, 3.05) is 26.7 Å².